The average molecular weight is 232 g/mol. The van der Waals surface area contributed by atoms with Crippen LogP contribution in [-0.4, -0.2) is 32.6 Å². The number of nitrogens with two attached hydrogens (primary N) is 1. The van der Waals surface area contributed by atoms with Gasteiger partial charge in [0.05, 0.1) is 0 Å². The summed E-state index contributed by atoms with van der Waals surface area (Å²) in [5.74, 6) is -0.571. The molecule has 8 heteroatoms. The van der Waals surface area contributed by atoms with Crippen molar-refractivity contribution < 1.29 is 9.90 Å². The van der Waals surface area contributed by atoms with Crippen molar-refractivity contribution in [3.63, 3.8) is 0 Å². The molecule has 0 aliphatic heterocycles. The molecule has 1 heterocycles. The number of anilines is 2. The van der Waals surface area contributed by atoms with Gasteiger partial charge < -0.3 is 16.2 Å². The van der Waals surface area contributed by atoms with Gasteiger partial charge in [-0.15, -0.1) is 0 Å². The highest BCUT2D eigenvalue weighted by Crippen LogP contribution is 2.06. The lowest BCUT2D eigenvalue weighted by molar-refractivity contribution is -0.137. The van der Waals surface area contributed by atoms with Gasteiger partial charge >= 0.3 is 5.97 Å². The smallest absolute Gasteiger partial charge is 0.303 e. The van der Waals surface area contributed by atoms with Crippen LogP contribution in [0.3, 0.4) is 0 Å². The monoisotopic (exact) mass is 231 g/mol. The van der Waals surface area contributed by atoms with Gasteiger partial charge in [0.2, 0.25) is 17.2 Å². The van der Waals surface area contributed by atoms with E-state index in [1.165, 1.54) is 0 Å². The van der Waals surface area contributed by atoms with E-state index in [-0.39, 0.29) is 23.6 Å². The van der Waals surface area contributed by atoms with E-state index >= 15 is 0 Å². The minimum Gasteiger partial charge on any atom is -0.481 e. The molecule has 15 heavy (non-hydrogen) atoms. The van der Waals surface area contributed by atoms with Gasteiger partial charge in [0.1, 0.15) is 0 Å². The summed E-state index contributed by atoms with van der Waals surface area (Å²) in [5.41, 5.74) is 5.33. The predicted octanol–water partition coefficient (Wildman–Crippen LogP) is 0.384. The quantitative estimate of drug-likeness (QED) is 0.628. The van der Waals surface area contributed by atoms with Gasteiger partial charge in [0.15, 0.2) is 0 Å². The Morgan fingerprint density at radius 3 is 2.80 bits per heavy atom. The zero-order valence-electron chi connectivity index (χ0n) is 7.77. The topological polar surface area (TPSA) is 114 Å². The van der Waals surface area contributed by atoms with Crippen LogP contribution < -0.4 is 11.1 Å². The minimum absolute atomic E-state index is 0.00299. The summed E-state index contributed by atoms with van der Waals surface area (Å²) in [7, 11) is 0. The largest absolute Gasteiger partial charge is 0.481 e. The Morgan fingerprint density at radius 2 is 2.20 bits per heavy atom. The zero-order valence-corrected chi connectivity index (χ0v) is 8.53. The summed E-state index contributed by atoms with van der Waals surface area (Å²) in [5, 5.41) is 11.2. The highest BCUT2D eigenvalue weighted by molar-refractivity contribution is 6.28. The molecule has 0 fully saturated rings. The summed E-state index contributed by atoms with van der Waals surface area (Å²) in [6, 6.07) is 0. The molecule has 0 aromatic carbocycles. The van der Waals surface area contributed by atoms with E-state index in [4.69, 9.17) is 22.4 Å². The molecule has 7 nitrogen and oxygen atoms in total. The Morgan fingerprint density at radius 1 is 1.47 bits per heavy atom. The third kappa shape index (κ3) is 4.41. The second-order valence-electron chi connectivity index (χ2n) is 2.71. The fraction of sp³-hybridized carbons (Fsp3) is 0.429. The number of halogens is 1. The summed E-state index contributed by atoms with van der Waals surface area (Å²) < 4.78 is 0. The molecule has 0 atom stereocenters. The lowest BCUT2D eigenvalue weighted by atomic mass is 10.3. The standard InChI is InChI=1S/C7H10ClN5O2/c8-5-11-6(9)13-7(12-5)10-3-1-2-4(14)15/h1-3H2,(H,14,15)(H3,9,10,11,12,13). The van der Waals surface area contributed by atoms with Crippen molar-refractivity contribution in [2.45, 2.75) is 12.8 Å². The van der Waals surface area contributed by atoms with Gasteiger partial charge in [-0.2, -0.15) is 15.0 Å². The third-order valence-corrected chi connectivity index (χ3v) is 1.64. The molecule has 1 aromatic rings. The molecule has 0 amide bonds. The van der Waals surface area contributed by atoms with Crippen molar-refractivity contribution in [3.05, 3.63) is 5.28 Å². The molecule has 1 aromatic heterocycles. The molecule has 0 spiro atoms. The summed E-state index contributed by atoms with van der Waals surface area (Å²) in [6.07, 6.45) is 0.555. The maximum atomic E-state index is 10.2. The molecule has 0 unspecified atom stereocenters. The summed E-state index contributed by atoms with van der Waals surface area (Å²) >= 11 is 5.54. The number of hydrogen-bond acceptors (Lipinski definition) is 6. The van der Waals surface area contributed by atoms with Crippen LogP contribution in [0.25, 0.3) is 0 Å². The average Bonchev–Trinajstić information content (AvgIpc) is 2.10. The molecule has 1 rings (SSSR count). The third-order valence-electron chi connectivity index (χ3n) is 1.48. The van der Waals surface area contributed by atoms with Crippen LogP contribution in [0.1, 0.15) is 12.8 Å². The van der Waals surface area contributed by atoms with Crippen LogP contribution in [0, 0.1) is 0 Å². The first-order valence-electron chi connectivity index (χ1n) is 4.20. The molecule has 0 radical (unpaired) electrons. The number of hydrogen-bond donors (Lipinski definition) is 3. The maximum absolute atomic E-state index is 10.2. The van der Waals surface area contributed by atoms with Crippen molar-refractivity contribution in [3.8, 4) is 0 Å². The van der Waals surface area contributed by atoms with Gasteiger partial charge in [-0.3, -0.25) is 4.79 Å². The molecule has 0 aliphatic rings. The Balaban J connectivity index is 2.40. The van der Waals surface area contributed by atoms with Crippen molar-refractivity contribution in [1.82, 2.24) is 15.0 Å². The van der Waals surface area contributed by atoms with E-state index in [1.54, 1.807) is 0 Å². The van der Waals surface area contributed by atoms with Gasteiger partial charge in [0.25, 0.3) is 0 Å². The van der Waals surface area contributed by atoms with E-state index in [0.29, 0.717) is 13.0 Å². The Kier molecular flexibility index (Phi) is 4.04. The highest BCUT2D eigenvalue weighted by Gasteiger charge is 2.02. The second kappa shape index (κ2) is 5.30. The first-order valence-corrected chi connectivity index (χ1v) is 4.58. The van der Waals surface area contributed by atoms with Crippen molar-refractivity contribution in [2.75, 3.05) is 17.6 Å². The molecule has 4 N–H and O–H groups in total. The van der Waals surface area contributed by atoms with Crippen molar-refractivity contribution >= 4 is 29.5 Å². The van der Waals surface area contributed by atoms with Crippen molar-refractivity contribution in [1.29, 1.82) is 0 Å². The van der Waals surface area contributed by atoms with Gasteiger partial charge in [-0.05, 0) is 18.0 Å². The number of nitrogens with one attached hydrogen (secondary N) is 1. The molecule has 0 aliphatic carbocycles. The SMILES string of the molecule is Nc1nc(Cl)nc(NCCCC(=O)O)n1. The fourth-order valence-corrected chi connectivity index (χ4v) is 1.05. The van der Waals surface area contributed by atoms with Crippen molar-refractivity contribution in [2.24, 2.45) is 0 Å². The van der Waals surface area contributed by atoms with E-state index in [0.717, 1.165) is 0 Å². The van der Waals surface area contributed by atoms with Gasteiger partial charge in [-0.1, -0.05) is 0 Å². The number of aliphatic carboxylic acids is 1. The molecular formula is C7H10ClN5O2. The molecule has 0 bridgehead atoms. The van der Waals surface area contributed by atoms with Crippen LogP contribution in [0.2, 0.25) is 5.28 Å². The lowest BCUT2D eigenvalue weighted by Gasteiger charge is -2.03. The van der Waals surface area contributed by atoms with Crippen LogP contribution in [0.15, 0.2) is 0 Å². The predicted molar refractivity (Wildman–Crippen MR) is 54.6 cm³/mol. The first kappa shape index (κ1) is 11.4. The summed E-state index contributed by atoms with van der Waals surface area (Å²) in [4.78, 5) is 21.3. The van der Waals surface area contributed by atoms with Crippen LogP contribution in [-0.2, 0) is 4.79 Å². The number of carbonyl (C=O) groups is 1. The van der Waals surface area contributed by atoms with Crippen LogP contribution in [0.4, 0.5) is 11.9 Å². The molecule has 0 saturated heterocycles. The van der Waals surface area contributed by atoms with Crippen LogP contribution in [0.5, 0.6) is 0 Å². The van der Waals surface area contributed by atoms with E-state index in [9.17, 15) is 4.79 Å². The minimum atomic E-state index is -0.843. The number of carboxylic acids is 1. The fourth-order valence-electron chi connectivity index (χ4n) is 0.884. The lowest BCUT2D eigenvalue weighted by Crippen LogP contribution is -2.09. The number of nitrogen functional groups attached to an aromatic ring is 1. The molecular weight excluding hydrogens is 222 g/mol. The van der Waals surface area contributed by atoms with E-state index in [1.807, 2.05) is 0 Å². The van der Waals surface area contributed by atoms with Crippen LogP contribution >= 0.6 is 11.6 Å². The number of rotatable bonds is 5. The van der Waals surface area contributed by atoms with Gasteiger partial charge in [0, 0.05) is 13.0 Å². The number of nitrogens with zero attached hydrogens (tertiary/aromatic N) is 3. The number of aromatic nitrogens is 3. The highest BCUT2D eigenvalue weighted by atomic mass is 35.5. The first-order chi connectivity index (χ1) is 7.08. The number of carboxylic acid groups (broad SMARTS) is 1. The normalized spacial score (nSPS) is 9.93. The Labute approximate surface area is 90.7 Å². The Hall–Kier alpha value is -1.63. The van der Waals surface area contributed by atoms with Gasteiger partial charge in [-0.25, -0.2) is 0 Å². The zero-order chi connectivity index (χ0) is 11.3. The maximum Gasteiger partial charge on any atom is 0.303 e. The Bertz CT molecular complexity index is 339. The molecule has 82 valence electrons. The summed E-state index contributed by atoms with van der Waals surface area (Å²) in [6.45, 7) is 0.437. The van der Waals surface area contributed by atoms with E-state index in [2.05, 4.69) is 20.3 Å². The molecule has 0 saturated carbocycles. The van der Waals surface area contributed by atoms with E-state index < -0.39 is 5.97 Å². The second-order valence-corrected chi connectivity index (χ2v) is 3.05.